The molecule has 8 heteroatoms. The van der Waals surface area contributed by atoms with E-state index in [4.69, 9.17) is 9.84 Å². The Balaban J connectivity index is 1.74. The number of carboxylic acids is 1. The molecule has 2 aromatic rings. The normalized spacial score (nSPS) is 10.2. The summed E-state index contributed by atoms with van der Waals surface area (Å²) in [6.07, 6.45) is 4.01. The molecule has 2 aromatic heterocycles. The van der Waals surface area contributed by atoms with E-state index in [-0.39, 0.29) is 5.69 Å². The molecule has 2 rings (SSSR count). The molecule has 2 heterocycles. The second-order valence-electron chi connectivity index (χ2n) is 3.98. The smallest absolute Gasteiger partial charge is 0.355 e. The quantitative estimate of drug-likeness (QED) is 0.775. The van der Waals surface area contributed by atoms with E-state index < -0.39 is 5.97 Å². The second kappa shape index (κ2) is 6.80. The lowest BCUT2D eigenvalue weighted by molar-refractivity contribution is 0.0691. The summed E-state index contributed by atoms with van der Waals surface area (Å²) in [6.45, 7) is 1.20. The third-order valence-corrected chi connectivity index (χ3v) is 3.40. The van der Waals surface area contributed by atoms with Crippen molar-refractivity contribution < 1.29 is 14.6 Å². The van der Waals surface area contributed by atoms with E-state index in [0.717, 1.165) is 6.42 Å². The van der Waals surface area contributed by atoms with E-state index in [1.165, 1.54) is 16.7 Å². The summed E-state index contributed by atoms with van der Waals surface area (Å²) >= 11 is 1.31. The molecule has 7 nitrogen and oxygen atoms in total. The highest BCUT2D eigenvalue weighted by molar-refractivity contribution is 7.13. The minimum absolute atomic E-state index is 0.0748. The fraction of sp³-hybridized carbons (Fsp3) is 0.333. The van der Waals surface area contributed by atoms with Gasteiger partial charge in [-0.1, -0.05) is 0 Å². The Morgan fingerprint density at radius 2 is 2.20 bits per heavy atom. The van der Waals surface area contributed by atoms with Crippen LogP contribution in [0.1, 0.15) is 16.9 Å². The van der Waals surface area contributed by atoms with E-state index >= 15 is 0 Å². The number of anilines is 1. The Labute approximate surface area is 119 Å². The van der Waals surface area contributed by atoms with Crippen LogP contribution in [0.25, 0.3) is 0 Å². The van der Waals surface area contributed by atoms with Crippen LogP contribution in [0, 0.1) is 0 Å². The molecule has 0 unspecified atom stereocenters. The predicted octanol–water partition coefficient (Wildman–Crippen LogP) is 1.54. The fourth-order valence-electron chi connectivity index (χ4n) is 1.46. The van der Waals surface area contributed by atoms with Gasteiger partial charge in [0.1, 0.15) is 0 Å². The predicted molar refractivity (Wildman–Crippen MR) is 74.5 cm³/mol. The Morgan fingerprint density at radius 1 is 1.45 bits per heavy atom. The van der Waals surface area contributed by atoms with Crippen LogP contribution in [0.3, 0.4) is 0 Å². The lowest BCUT2D eigenvalue weighted by Crippen LogP contribution is -2.20. The molecule has 0 amide bonds. The third-order valence-electron chi connectivity index (χ3n) is 2.45. The first kappa shape index (κ1) is 14.2. The van der Waals surface area contributed by atoms with Gasteiger partial charge in [0.25, 0.3) is 0 Å². The van der Waals surface area contributed by atoms with Gasteiger partial charge in [0.05, 0.1) is 6.61 Å². The van der Waals surface area contributed by atoms with Crippen LogP contribution >= 0.6 is 11.3 Å². The number of carbonyl (C=O) groups is 1. The number of hydrogen-bond acceptors (Lipinski definition) is 7. The molecular formula is C12H14N4O3S. The van der Waals surface area contributed by atoms with Crippen molar-refractivity contribution in [2.24, 2.45) is 0 Å². The fourth-order valence-corrected chi connectivity index (χ4v) is 2.25. The van der Waals surface area contributed by atoms with Gasteiger partial charge in [-0.15, -0.1) is 11.3 Å². The Morgan fingerprint density at radius 3 is 2.85 bits per heavy atom. The summed E-state index contributed by atoms with van der Waals surface area (Å²) in [7, 11) is 1.86. The standard InChI is InChI=1S/C12H14N4O3S/c1-16(12-15-9(8-20-12)10(17)18)6-3-7-19-11-13-4-2-5-14-11/h2,4-5,8H,3,6-7H2,1H3,(H,17,18). The monoisotopic (exact) mass is 294 g/mol. The average Bonchev–Trinajstić information content (AvgIpc) is 2.94. The van der Waals surface area contributed by atoms with E-state index in [0.29, 0.717) is 24.3 Å². The van der Waals surface area contributed by atoms with Crippen molar-refractivity contribution >= 4 is 22.4 Å². The van der Waals surface area contributed by atoms with Gasteiger partial charge in [0, 0.05) is 31.4 Å². The molecule has 0 saturated carbocycles. The van der Waals surface area contributed by atoms with Gasteiger partial charge in [-0.25, -0.2) is 19.7 Å². The maximum absolute atomic E-state index is 10.7. The van der Waals surface area contributed by atoms with Gasteiger partial charge < -0.3 is 14.7 Å². The average molecular weight is 294 g/mol. The van der Waals surface area contributed by atoms with Crippen molar-refractivity contribution in [2.45, 2.75) is 6.42 Å². The number of ether oxygens (including phenoxy) is 1. The molecule has 0 aliphatic heterocycles. The largest absolute Gasteiger partial charge is 0.476 e. The maximum atomic E-state index is 10.7. The maximum Gasteiger partial charge on any atom is 0.355 e. The van der Waals surface area contributed by atoms with Crippen molar-refractivity contribution in [3.63, 3.8) is 0 Å². The topological polar surface area (TPSA) is 88.4 Å². The highest BCUT2D eigenvalue weighted by atomic mass is 32.1. The van der Waals surface area contributed by atoms with Gasteiger partial charge in [-0.05, 0) is 12.5 Å². The number of hydrogen-bond donors (Lipinski definition) is 1. The lowest BCUT2D eigenvalue weighted by Gasteiger charge is -2.15. The highest BCUT2D eigenvalue weighted by Gasteiger charge is 2.11. The first-order valence-corrected chi connectivity index (χ1v) is 6.84. The number of carboxylic acid groups (broad SMARTS) is 1. The van der Waals surface area contributed by atoms with Gasteiger partial charge in [-0.2, -0.15) is 0 Å². The van der Waals surface area contributed by atoms with Crippen LogP contribution in [0.2, 0.25) is 0 Å². The lowest BCUT2D eigenvalue weighted by atomic mass is 10.4. The molecule has 0 aliphatic carbocycles. The van der Waals surface area contributed by atoms with Gasteiger partial charge in [-0.3, -0.25) is 0 Å². The number of aromatic carboxylic acids is 1. The third kappa shape index (κ3) is 3.89. The highest BCUT2D eigenvalue weighted by Crippen LogP contribution is 2.19. The van der Waals surface area contributed by atoms with Crippen molar-refractivity contribution in [1.29, 1.82) is 0 Å². The summed E-state index contributed by atoms with van der Waals surface area (Å²) in [5.74, 6) is -1.01. The van der Waals surface area contributed by atoms with Crippen LogP contribution in [-0.4, -0.2) is 46.2 Å². The first-order valence-electron chi connectivity index (χ1n) is 5.96. The zero-order valence-corrected chi connectivity index (χ0v) is 11.7. The Hall–Kier alpha value is -2.22. The van der Waals surface area contributed by atoms with Crippen LogP contribution in [0.15, 0.2) is 23.8 Å². The van der Waals surface area contributed by atoms with Crippen LogP contribution in [0.4, 0.5) is 5.13 Å². The molecular weight excluding hydrogens is 280 g/mol. The number of aromatic nitrogens is 3. The number of rotatable bonds is 7. The minimum Gasteiger partial charge on any atom is -0.476 e. The molecule has 1 N–H and O–H groups in total. The van der Waals surface area contributed by atoms with Gasteiger partial charge in [0.15, 0.2) is 10.8 Å². The van der Waals surface area contributed by atoms with Crippen LogP contribution in [0.5, 0.6) is 6.01 Å². The Kier molecular flexibility index (Phi) is 4.83. The summed E-state index contributed by atoms with van der Waals surface area (Å²) in [5.41, 5.74) is 0.0748. The van der Waals surface area contributed by atoms with Crippen LogP contribution in [-0.2, 0) is 0 Å². The molecule has 0 saturated heterocycles. The van der Waals surface area contributed by atoms with Crippen molar-refractivity contribution in [3.05, 3.63) is 29.5 Å². The van der Waals surface area contributed by atoms with Crippen molar-refractivity contribution in [1.82, 2.24) is 15.0 Å². The molecule has 0 fully saturated rings. The van der Waals surface area contributed by atoms with Crippen LogP contribution < -0.4 is 9.64 Å². The summed E-state index contributed by atoms with van der Waals surface area (Å²) in [5, 5.41) is 11.0. The van der Waals surface area contributed by atoms with E-state index in [1.807, 2.05) is 11.9 Å². The van der Waals surface area contributed by atoms with Crippen molar-refractivity contribution in [3.8, 4) is 6.01 Å². The summed E-state index contributed by atoms with van der Waals surface area (Å²) < 4.78 is 5.38. The molecule has 0 spiro atoms. The van der Waals surface area contributed by atoms with E-state index in [1.54, 1.807) is 18.5 Å². The molecule has 0 bridgehead atoms. The van der Waals surface area contributed by atoms with E-state index in [9.17, 15) is 4.79 Å². The molecule has 20 heavy (non-hydrogen) atoms. The molecule has 106 valence electrons. The van der Waals surface area contributed by atoms with Crippen molar-refractivity contribution in [2.75, 3.05) is 25.1 Å². The molecule has 0 aromatic carbocycles. The summed E-state index contributed by atoms with van der Waals surface area (Å²) in [4.78, 5) is 24.6. The zero-order valence-electron chi connectivity index (χ0n) is 10.9. The summed E-state index contributed by atoms with van der Waals surface area (Å²) in [6, 6.07) is 2.08. The molecule has 0 atom stereocenters. The van der Waals surface area contributed by atoms with Gasteiger partial charge in [0.2, 0.25) is 0 Å². The minimum atomic E-state index is -1.01. The first-order chi connectivity index (χ1) is 9.66. The van der Waals surface area contributed by atoms with Gasteiger partial charge >= 0.3 is 12.0 Å². The second-order valence-corrected chi connectivity index (χ2v) is 4.81. The number of thiazole rings is 1. The Bertz CT molecular complexity index is 561. The zero-order chi connectivity index (χ0) is 14.4. The molecule has 0 aliphatic rings. The SMILES string of the molecule is CN(CCCOc1ncccn1)c1nc(C(=O)O)cs1. The number of nitrogens with zero attached hydrogens (tertiary/aromatic N) is 4. The van der Waals surface area contributed by atoms with E-state index in [2.05, 4.69) is 15.0 Å². The molecule has 0 radical (unpaired) electrons.